The molecule has 2 N–H and O–H groups in total. The van der Waals surface area contributed by atoms with Crippen molar-refractivity contribution in [2.75, 3.05) is 13.1 Å². The van der Waals surface area contributed by atoms with Crippen LogP contribution in [0.2, 0.25) is 0 Å². The summed E-state index contributed by atoms with van der Waals surface area (Å²) in [6.07, 6.45) is 6.98. The molecule has 1 saturated heterocycles. The van der Waals surface area contributed by atoms with E-state index in [9.17, 15) is 9.90 Å². The zero-order valence-electron chi connectivity index (χ0n) is 15.4. The van der Waals surface area contributed by atoms with Gasteiger partial charge in [-0.25, -0.2) is 0 Å². The summed E-state index contributed by atoms with van der Waals surface area (Å²) in [5.74, 6) is 0.439. The number of hydrogen-bond donors (Lipinski definition) is 2. The molecule has 0 radical (unpaired) electrons. The van der Waals surface area contributed by atoms with Gasteiger partial charge in [0.05, 0.1) is 11.8 Å². The molecule has 1 aromatic heterocycles. The second-order valence-electron chi connectivity index (χ2n) is 7.63. The Labute approximate surface area is 149 Å². The Hall–Kier alpha value is -1.40. The predicted octanol–water partition coefficient (Wildman–Crippen LogP) is 2.69. The lowest BCUT2D eigenvalue weighted by Crippen LogP contribution is -2.52. The highest BCUT2D eigenvalue weighted by molar-refractivity contribution is 5.91. The van der Waals surface area contributed by atoms with Crippen LogP contribution < -0.4 is 5.32 Å². The number of likely N-dealkylation sites (tertiary alicyclic amines) is 1. The van der Waals surface area contributed by atoms with Crippen LogP contribution in [0.4, 0.5) is 0 Å². The van der Waals surface area contributed by atoms with E-state index in [0.717, 1.165) is 57.3 Å². The summed E-state index contributed by atoms with van der Waals surface area (Å²) >= 11 is 0. The monoisotopic (exact) mass is 349 g/mol. The Morgan fingerprint density at radius 1 is 1.36 bits per heavy atom. The number of piperidine rings is 1. The molecule has 1 saturated carbocycles. The number of nitrogens with zero attached hydrogens (tertiary/aromatic N) is 2. The lowest BCUT2D eigenvalue weighted by Gasteiger charge is -2.41. The Bertz CT molecular complexity index is 566. The first kappa shape index (κ1) is 18.4. The van der Waals surface area contributed by atoms with Crippen LogP contribution in [0.5, 0.6) is 0 Å². The van der Waals surface area contributed by atoms with Gasteiger partial charge in [0.15, 0.2) is 0 Å². The van der Waals surface area contributed by atoms with Crippen LogP contribution in [0, 0.1) is 0 Å². The summed E-state index contributed by atoms with van der Waals surface area (Å²) < 4.78 is 5.22. The van der Waals surface area contributed by atoms with Gasteiger partial charge in [-0.1, -0.05) is 31.8 Å². The van der Waals surface area contributed by atoms with E-state index < -0.39 is 0 Å². The highest BCUT2D eigenvalue weighted by Crippen LogP contribution is 2.26. The van der Waals surface area contributed by atoms with Crippen molar-refractivity contribution in [1.82, 2.24) is 15.4 Å². The molecular formula is C19H31N3O3. The first-order valence-corrected chi connectivity index (χ1v) is 9.78. The molecule has 25 heavy (non-hydrogen) atoms. The normalized spacial score (nSPS) is 27.2. The molecule has 3 rings (SSSR count). The zero-order valence-corrected chi connectivity index (χ0v) is 15.4. The molecule has 140 valence electrons. The number of aromatic nitrogens is 1. The number of amides is 1. The van der Waals surface area contributed by atoms with Crippen molar-refractivity contribution >= 4 is 5.91 Å². The lowest BCUT2D eigenvalue weighted by atomic mass is 9.89. The molecule has 1 aliphatic heterocycles. The van der Waals surface area contributed by atoms with Gasteiger partial charge in [0.2, 0.25) is 5.76 Å². The van der Waals surface area contributed by atoms with Crippen molar-refractivity contribution in [3.05, 3.63) is 17.5 Å². The zero-order chi connectivity index (χ0) is 17.8. The van der Waals surface area contributed by atoms with Crippen LogP contribution in [-0.2, 0) is 0 Å². The molecule has 1 amide bonds. The Kier molecular flexibility index (Phi) is 6.12. The summed E-state index contributed by atoms with van der Waals surface area (Å²) in [4.78, 5) is 14.8. The number of carbonyl (C=O) groups excluding carboxylic acids is 1. The third-order valence-electron chi connectivity index (χ3n) is 5.90. The summed E-state index contributed by atoms with van der Waals surface area (Å²) in [5.41, 5.74) is 0.841. The van der Waals surface area contributed by atoms with Crippen molar-refractivity contribution < 1.29 is 14.4 Å². The maximum absolute atomic E-state index is 12.4. The number of hydrogen-bond acceptors (Lipinski definition) is 5. The van der Waals surface area contributed by atoms with E-state index in [4.69, 9.17) is 4.52 Å². The second-order valence-corrected chi connectivity index (χ2v) is 7.63. The minimum atomic E-state index is -0.187. The van der Waals surface area contributed by atoms with Crippen LogP contribution in [0.1, 0.15) is 81.0 Å². The smallest absolute Gasteiger partial charge is 0.290 e. The number of aliphatic hydroxyl groups is 1. The third kappa shape index (κ3) is 4.42. The molecule has 3 atom stereocenters. The van der Waals surface area contributed by atoms with E-state index in [0.29, 0.717) is 17.7 Å². The van der Waals surface area contributed by atoms with E-state index >= 15 is 0 Å². The topological polar surface area (TPSA) is 78.6 Å². The molecule has 2 aliphatic rings. The number of nitrogens with one attached hydrogen (secondary N) is 1. The fourth-order valence-electron chi connectivity index (χ4n) is 3.99. The van der Waals surface area contributed by atoms with Crippen LogP contribution in [0.3, 0.4) is 0 Å². The molecular weight excluding hydrogens is 318 g/mol. The number of carbonyl (C=O) groups is 1. The van der Waals surface area contributed by atoms with Gasteiger partial charge >= 0.3 is 0 Å². The summed E-state index contributed by atoms with van der Waals surface area (Å²) in [6.45, 7) is 6.04. The third-order valence-corrected chi connectivity index (χ3v) is 5.90. The molecule has 6 heteroatoms. The van der Waals surface area contributed by atoms with E-state index in [1.54, 1.807) is 6.07 Å². The SMILES string of the molecule is CC[C@H](C)c1cc(C(=O)NC2CCN([C@H]3CCCC[C@@H]3O)CC2)on1. The fourth-order valence-corrected chi connectivity index (χ4v) is 3.99. The van der Waals surface area contributed by atoms with Crippen molar-refractivity contribution in [3.63, 3.8) is 0 Å². The fraction of sp³-hybridized carbons (Fsp3) is 0.789. The van der Waals surface area contributed by atoms with Crippen LogP contribution in [-0.4, -0.2) is 52.3 Å². The molecule has 0 bridgehead atoms. The molecule has 0 spiro atoms. The van der Waals surface area contributed by atoms with Gasteiger partial charge in [0, 0.05) is 37.2 Å². The van der Waals surface area contributed by atoms with E-state index in [-0.39, 0.29) is 18.1 Å². The minimum Gasteiger partial charge on any atom is -0.391 e. The molecule has 2 fully saturated rings. The van der Waals surface area contributed by atoms with Gasteiger partial charge in [-0.3, -0.25) is 9.69 Å². The summed E-state index contributed by atoms with van der Waals surface area (Å²) in [5, 5.41) is 17.3. The van der Waals surface area contributed by atoms with Crippen molar-refractivity contribution in [2.24, 2.45) is 0 Å². The van der Waals surface area contributed by atoms with Crippen LogP contribution >= 0.6 is 0 Å². The first-order chi connectivity index (χ1) is 12.1. The Morgan fingerprint density at radius 3 is 2.76 bits per heavy atom. The van der Waals surface area contributed by atoms with Gasteiger partial charge in [-0.15, -0.1) is 0 Å². The van der Waals surface area contributed by atoms with Gasteiger partial charge < -0.3 is 14.9 Å². The van der Waals surface area contributed by atoms with Gasteiger partial charge in [0.1, 0.15) is 0 Å². The maximum atomic E-state index is 12.4. The van der Waals surface area contributed by atoms with Crippen molar-refractivity contribution in [2.45, 2.75) is 82.9 Å². The average molecular weight is 349 g/mol. The largest absolute Gasteiger partial charge is 0.391 e. The predicted molar refractivity (Wildman–Crippen MR) is 95.5 cm³/mol. The lowest BCUT2D eigenvalue weighted by molar-refractivity contribution is 0.00719. The molecule has 0 unspecified atom stereocenters. The van der Waals surface area contributed by atoms with E-state index in [1.165, 1.54) is 6.42 Å². The summed E-state index contributed by atoms with van der Waals surface area (Å²) in [7, 11) is 0. The Balaban J connectivity index is 1.48. The number of rotatable bonds is 5. The molecule has 0 aromatic carbocycles. The van der Waals surface area contributed by atoms with E-state index in [1.807, 2.05) is 0 Å². The maximum Gasteiger partial charge on any atom is 0.290 e. The quantitative estimate of drug-likeness (QED) is 0.854. The summed E-state index contributed by atoms with van der Waals surface area (Å²) in [6, 6.07) is 2.23. The van der Waals surface area contributed by atoms with Crippen molar-refractivity contribution in [3.8, 4) is 0 Å². The molecule has 2 heterocycles. The van der Waals surface area contributed by atoms with E-state index in [2.05, 4.69) is 29.2 Å². The highest BCUT2D eigenvalue weighted by atomic mass is 16.5. The Morgan fingerprint density at radius 2 is 2.08 bits per heavy atom. The first-order valence-electron chi connectivity index (χ1n) is 9.78. The van der Waals surface area contributed by atoms with Gasteiger partial charge in [-0.05, 0) is 32.1 Å². The number of aliphatic hydroxyl groups excluding tert-OH is 1. The van der Waals surface area contributed by atoms with Crippen molar-refractivity contribution in [1.29, 1.82) is 0 Å². The minimum absolute atomic E-state index is 0.168. The standard InChI is InChI=1S/C19H31N3O3/c1-3-13(2)15-12-18(25-21-15)19(24)20-14-8-10-22(11-9-14)16-6-4-5-7-17(16)23/h12-14,16-17,23H,3-11H2,1-2H3,(H,20,24)/t13-,16-,17-/m0/s1. The highest BCUT2D eigenvalue weighted by Gasteiger charge is 2.32. The van der Waals surface area contributed by atoms with Crippen LogP contribution in [0.25, 0.3) is 0 Å². The molecule has 1 aliphatic carbocycles. The molecule has 1 aromatic rings. The van der Waals surface area contributed by atoms with Gasteiger partial charge in [0.25, 0.3) is 5.91 Å². The average Bonchev–Trinajstić information content (AvgIpc) is 3.12. The van der Waals surface area contributed by atoms with Crippen LogP contribution in [0.15, 0.2) is 10.6 Å². The second kappa shape index (κ2) is 8.32. The molecule has 6 nitrogen and oxygen atoms in total. The van der Waals surface area contributed by atoms with Gasteiger partial charge in [-0.2, -0.15) is 0 Å².